The van der Waals surface area contributed by atoms with E-state index in [0.717, 1.165) is 6.08 Å². The highest BCUT2D eigenvalue weighted by atomic mass is 16.5. The van der Waals surface area contributed by atoms with E-state index in [1.807, 2.05) is 0 Å². The molecule has 0 unspecified atom stereocenters. The molecule has 2 rings (SSSR count). The summed E-state index contributed by atoms with van der Waals surface area (Å²) in [6.07, 6.45) is 1.95. The van der Waals surface area contributed by atoms with Crippen molar-refractivity contribution in [1.82, 2.24) is 0 Å². The molecule has 0 aliphatic heterocycles. The highest BCUT2D eigenvalue weighted by molar-refractivity contribution is 6.15. The summed E-state index contributed by atoms with van der Waals surface area (Å²) in [5.41, 5.74) is 1.98. The van der Waals surface area contributed by atoms with E-state index in [9.17, 15) is 24.6 Å². The number of aromatic carboxylic acids is 1. The first-order chi connectivity index (χ1) is 13.4. The van der Waals surface area contributed by atoms with Crippen LogP contribution in [0.5, 0.6) is 0 Å². The van der Waals surface area contributed by atoms with Gasteiger partial charge in [0.2, 0.25) is 0 Å². The summed E-state index contributed by atoms with van der Waals surface area (Å²) in [4.78, 5) is 35.9. The Balaban J connectivity index is 2.45. The van der Waals surface area contributed by atoms with E-state index in [2.05, 4.69) is 6.58 Å². The van der Waals surface area contributed by atoms with Gasteiger partial charge >= 0.3 is 11.9 Å². The number of carboxylic acid groups (broad SMARTS) is 1. The molecular weight excluding hydrogens is 360 g/mol. The van der Waals surface area contributed by atoms with E-state index < -0.39 is 11.9 Å². The van der Waals surface area contributed by atoms with Crippen molar-refractivity contribution in [1.29, 1.82) is 0 Å². The maximum atomic E-state index is 13.0. The number of esters is 1. The average molecular weight is 382 g/mol. The number of aliphatic hydroxyl groups is 1. The summed E-state index contributed by atoms with van der Waals surface area (Å²) in [6.45, 7) is 4.79. The SMILES string of the molecule is C=CC(=O)OCCCc1c(CO)cc(C(=O)O)c(C(=O)c2ccccc2)c1C. The van der Waals surface area contributed by atoms with E-state index in [4.69, 9.17) is 4.74 Å². The second-order valence-corrected chi connectivity index (χ2v) is 6.20. The van der Waals surface area contributed by atoms with Gasteiger partial charge in [-0.3, -0.25) is 4.79 Å². The van der Waals surface area contributed by atoms with Crippen LogP contribution in [-0.2, 0) is 22.6 Å². The molecule has 6 nitrogen and oxygen atoms in total. The number of hydrogen-bond donors (Lipinski definition) is 2. The largest absolute Gasteiger partial charge is 0.478 e. The van der Waals surface area contributed by atoms with Crippen LogP contribution in [0.3, 0.4) is 0 Å². The lowest BCUT2D eigenvalue weighted by molar-refractivity contribution is -0.137. The Morgan fingerprint density at radius 1 is 1.18 bits per heavy atom. The Bertz CT molecular complexity index is 899. The summed E-state index contributed by atoms with van der Waals surface area (Å²) in [5, 5.41) is 19.3. The lowest BCUT2D eigenvalue weighted by Gasteiger charge is -2.18. The molecule has 2 aromatic carbocycles. The number of hydrogen-bond acceptors (Lipinski definition) is 5. The van der Waals surface area contributed by atoms with E-state index in [0.29, 0.717) is 35.1 Å². The molecule has 0 spiro atoms. The summed E-state index contributed by atoms with van der Waals surface area (Å²) in [6, 6.07) is 9.78. The third kappa shape index (κ3) is 4.72. The smallest absolute Gasteiger partial charge is 0.336 e. The van der Waals surface area contributed by atoms with Gasteiger partial charge < -0.3 is 14.9 Å². The highest BCUT2D eigenvalue weighted by Crippen LogP contribution is 2.27. The van der Waals surface area contributed by atoms with Gasteiger partial charge in [0.15, 0.2) is 5.78 Å². The topological polar surface area (TPSA) is 101 Å². The molecule has 146 valence electrons. The fourth-order valence-electron chi connectivity index (χ4n) is 3.09. The van der Waals surface area contributed by atoms with Gasteiger partial charge in [-0.25, -0.2) is 9.59 Å². The molecule has 6 heteroatoms. The van der Waals surface area contributed by atoms with Crippen LogP contribution in [0.1, 0.15) is 49.4 Å². The number of rotatable bonds is 9. The van der Waals surface area contributed by atoms with Gasteiger partial charge in [-0.15, -0.1) is 0 Å². The number of ketones is 1. The van der Waals surface area contributed by atoms with Gasteiger partial charge in [0.1, 0.15) is 0 Å². The predicted molar refractivity (Wildman–Crippen MR) is 103 cm³/mol. The number of aliphatic hydroxyl groups excluding tert-OH is 1. The molecule has 0 heterocycles. The van der Waals surface area contributed by atoms with Crippen molar-refractivity contribution in [2.75, 3.05) is 6.61 Å². The zero-order valence-corrected chi connectivity index (χ0v) is 15.6. The van der Waals surface area contributed by atoms with Crippen LogP contribution in [0.15, 0.2) is 49.1 Å². The minimum atomic E-state index is -1.23. The molecule has 0 saturated heterocycles. The number of ether oxygens (including phenoxy) is 1. The average Bonchev–Trinajstić information content (AvgIpc) is 2.71. The number of carbonyl (C=O) groups is 3. The van der Waals surface area contributed by atoms with E-state index in [-0.39, 0.29) is 30.1 Å². The molecule has 0 bridgehead atoms. The summed E-state index contributed by atoms with van der Waals surface area (Å²) < 4.78 is 4.95. The third-order valence-electron chi connectivity index (χ3n) is 4.45. The van der Waals surface area contributed by atoms with Crippen molar-refractivity contribution in [2.45, 2.75) is 26.4 Å². The Morgan fingerprint density at radius 3 is 2.43 bits per heavy atom. The van der Waals surface area contributed by atoms with Crippen LogP contribution in [-0.4, -0.2) is 34.5 Å². The van der Waals surface area contributed by atoms with Crippen LogP contribution in [0, 0.1) is 6.92 Å². The summed E-state index contributed by atoms with van der Waals surface area (Å²) in [5.74, 6) is -2.15. The molecule has 2 N–H and O–H groups in total. The van der Waals surface area contributed by atoms with Crippen molar-refractivity contribution in [2.24, 2.45) is 0 Å². The summed E-state index contributed by atoms with van der Waals surface area (Å²) in [7, 11) is 0. The molecule has 0 aliphatic rings. The Morgan fingerprint density at radius 2 is 1.86 bits per heavy atom. The lowest BCUT2D eigenvalue weighted by Crippen LogP contribution is -2.16. The quantitative estimate of drug-likeness (QED) is 0.299. The Labute approximate surface area is 163 Å². The first-order valence-corrected chi connectivity index (χ1v) is 8.79. The maximum Gasteiger partial charge on any atom is 0.336 e. The van der Waals surface area contributed by atoms with Crippen molar-refractivity contribution >= 4 is 17.7 Å². The summed E-state index contributed by atoms with van der Waals surface area (Å²) >= 11 is 0. The molecule has 0 aliphatic carbocycles. The standard InChI is InChI=1S/C22H22O6/c1-3-19(24)28-11-7-10-17-14(2)20(18(22(26)27)12-16(17)13-23)21(25)15-8-5-4-6-9-15/h3-6,8-9,12,23H,1,7,10-11,13H2,2H3,(H,26,27). The van der Waals surface area contributed by atoms with Crippen molar-refractivity contribution in [3.8, 4) is 0 Å². The Kier molecular flexibility index (Phi) is 7.23. The molecule has 0 saturated carbocycles. The molecule has 0 atom stereocenters. The van der Waals surface area contributed by atoms with Crippen LogP contribution < -0.4 is 0 Å². The second-order valence-electron chi connectivity index (χ2n) is 6.20. The van der Waals surface area contributed by atoms with E-state index in [1.165, 1.54) is 6.07 Å². The first kappa shape index (κ1) is 21.1. The van der Waals surface area contributed by atoms with Gasteiger partial charge in [-0.05, 0) is 42.5 Å². The predicted octanol–water partition coefficient (Wildman–Crippen LogP) is 3.08. The maximum absolute atomic E-state index is 13.0. The van der Waals surface area contributed by atoms with Gasteiger partial charge in [-0.2, -0.15) is 0 Å². The van der Waals surface area contributed by atoms with Crippen molar-refractivity contribution in [3.63, 3.8) is 0 Å². The molecule has 0 fully saturated rings. The minimum absolute atomic E-state index is 0.106. The van der Waals surface area contributed by atoms with Gasteiger partial charge in [0, 0.05) is 17.2 Å². The molecule has 0 aromatic heterocycles. The fraction of sp³-hybridized carbons (Fsp3) is 0.227. The van der Waals surface area contributed by atoms with Crippen LogP contribution >= 0.6 is 0 Å². The number of carboxylic acids is 1. The Hall–Kier alpha value is -3.25. The zero-order valence-electron chi connectivity index (χ0n) is 15.6. The van der Waals surface area contributed by atoms with Crippen LogP contribution in [0.25, 0.3) is 0 Å². The van der Waals surface area contributed by atoms with E-state index in [1.54, 1.807) is 37.3 Å². The minimum Gasteiger partial charge on any atom is -0.478 e. The molecule has 0 radical (unpaired) electrons. The van der Waals surface area contributed by atoms with Crippen molar-refractivity contribution < 1.29 is 29.3 Å². The monoisotopic (exact) mass is 382 g/mol. The van der Waals surface area contributed by atoms with Crippen LogP contribution in [0.2, 0.25) is 0 Å². The first-order valence-electron chi connectivity index (χ1n) is 8.79. The highest BCUT2D eigenvalue weighted by Gasteiger charge is 2.24. The lowest BCUT2D eigenvalue weighted by atomic mass is 9.86. The number of carbonyl (C=O) groups excluding carboxylic acids is 2. The van der Waals surface area contributed by atoms with Gasteiger partial charge in [-0.1, -0.05) is 36.9 Å². The molecule has 28 heavy (non-hydrogen) atoms. The normalized spacial score (nSPS) is 10.4. The molecule has 0 amide bonds. The molecule has 2 aromatic rings. The van der Waals surface area contributed by atoms with Gasteiger partial charge in [0.25, 0.3) is 0 Å². The zero-order chi connectivity index (χ0) is 20.7. The second kappa shape index (κ2) is 9.62. The van der Waals surface area contributed by atoms with Crippen LogP contribution in [0.4, 0.5) is 0 Å². The van der Waals surface area contributed by atoms with E-state index >= 15 is 0 Å². The third-order valence-corrected chi connectivity index (χ3v) is 4.45. The fourth-order valence-corrected chi connectivity index (χ4v) is 3.09. The van der Waals surface area contributed by atoms with Crippen molar-refractivity contribution in [3.05, 3.63) is 82.4 Å². The molecular formula is C22H22O6. The van der Waals surface area contributed by atoms with Gasteiger partial charge in [0.05, 0.1) is 18.8 Å². The number of benzene rings is 2.